The van der Waals surface area contributed by atoms with E-state index in [9.17, 15) is 13.2 Å². The average Bonchev–Trinajstić information content (AvgIpc) is 2.96. The third kappa shape index (κ3) is 3.86. The first-order chi connectivity index (χ1) is 10.9. The first-order valence-corrected chi connectivity index (χ1v) is 9.80. The largest absolute Gasteiger partial charge is 0.374 e. The van der Waals surface area contributed by atoms with Crippen LogP contribution in [0.25, 0.3) is 10.2 Å². The van der Waals surface area contributed by atoms with Crippen molar-refractivity contribution in [2.24, 2.45) is 0 Å². The van der Waals surface area contributed by atoms with Crippen molar-refractivity contribution in [3.63, 3.8) is 0 Å². The van der Waals surface area contributed by atoms with Crippen LogP contribution in [0.4, 0.5) is 0 Å². The lowest BCUT2D eigenvalue weighted by Gasteiger charge is -2.31. The van der Waals surface area contributed by atoms with Crippen LogP contribution in [-0.4, -0.2) is 62.2 Å². The average molecular weight is 355 g/mol. The minimum absolute atomic E-state index is 0.249. The second-order valence-corrected chi connectivity index (χ2v) is 8.32. The predicted molar refractivity (Wildman–Crippen MR) is 88.1 cm³/mol. The molecule has 0 spiro atoms. The maximum atomic E-state index is 12.2. The second kappa shape index (κ2) is 6.52. The number of thiazole rings is 1. The Labute approximate surface area is 138 Å². The van der Waals surface area contributed by atoms with Gasteiger partial charge in [-0.25, -0.2) is 13.4 Å². The van der Waals surface area contributed by atoms with E-state index >= 15 is 0 Å². The number of carbonyl (C=O) groups excluding carboxylic acids is 1. The summed E-state index contributed by atoms with van der Waals surface area (Å²) in [6, 6.07) is 7.55. The van der Waals surface area contributed by atoms with Crippen LogP contribution in [-0.2, 0) is 14.8 Å². The first kappa shape index (κ1) is 16.3. The molecular weight excluding hydrogens is 338 g/mol. The molecular formula is C14H17N3O4S2. The fourth-order valence-corrected chi connectivity index (χ4v) is 4.09. The van der Waals surface area contributed by atoms with Gasteiger partial charge in [0.05, 0.1) is 29.2 Å². The molecule has 2 heterocycles. The summed E-state index contributed by atoms with van der Waals surface area (Å²) in [5.74, 6) is -0.272. The van der Waals surface area contributed by atoms with E-state index in [2.05, 4.69) is 10.3 Å². The van der Waals surface area contributed by atoms with Crippen LogP contribution in [0.1, 0.15) is 9.80 Å². The molecule has 1 fully saturated rings. The van der Waals surface area contributed by atoms with Crippen molar-refractivity contribution in [2.45, 2.75) is 6.10 Å². The summed E-state index contributed by atoms with van der Waals surface area (Å²) in [7, 11) is -3.24. The molecule has 1 aromatic heterocycles. The van der Waals surface area contributed by atoms with Gasteiger partial charge in [0.15, 0.2) is 5.01 Å². The van der Waals surface area contributed by atoms with Crippen molar-refractivity contribution in [3.8, 4) is 0 Å². The Balaban J connectivity index is 1.60. The van der Waals surface area contributed by atoms with Crippen LogP contribution < -0.4 is 5.32 Å². The number of hydrogen-bond donors (Lipinski definition) is 1. The normalized spacial score (nSPS) is 19.8. The fraction of sp³-hybridized carbons (Fsp3) is 0.429. The standard InChI is InChI=1S/C14H17N3O4S2/c1-23(19,20)17-6-7-21-10(9-17)8-15-13(18)14-16-11-4-2-3-5-12(11)22-14/h2-5,10H,6-9H2,1H3,(H,15,18). The van der Waals surface area contributed by atoms with Gasteiger partial charge in [0.2, 0.25) is 10.0 Å². The number of aromatic nitrogens is 1. The van der Waals surface area contributed by atoms with E-state index < -0.39 is 10.0 Å². The monoisotopic (exact) mass is 355 g/mol. The fourth-order valence-electron chi connectivity index (χ4n) is 2.37. The Morgan fingerprint density at radius 2 is 2.26 bits per heavy atom. The van der Waals surface area contributed by atoms with E-state index in [0.29, 0.717) is 18.2 Å². The molecule has 3 rings (SSSR count). The third-order valence-corrected chi connectivity index (χ3v) is 5.85. The van der Waals surface area contributed by atoms with Gasteiger partial charge >= 0.3 is 0 Å². The highest BCUT2D eigenvalue weighted by atomic mass is 32.2. The Bertz CT molecular complexity index is 785. The van der Waals surface area contributed by atoms with E-state index in [0.717, 1.165) is 10.2 Å². The number of morpholine rings is 1. The Kier molecular flexibility index (Phi) is 4.62. The minimum Gasteiger partial charge on any atom is -0.374 e. The van der Waals surface area contributed by atoms with Gasteiger partial charge in [-0.2, -0.15) is 4.31 Å². The lowest BCUT2D eigenvalue weighted by atomic mass is 10.3. The number of carbonyl (C=O) groups is 1. The molecule has 0 radical (unpaired) electrons. The molecule has 0 aliphatic carbocycles. The van der Waals surface area contributed by atoms with Gasteiger partial charge in [0.25, 0.3) is 5.91 Å². The summed E-state index contributed by atoms with van der Waals surface area (Å²) in [5, 5.41) is 3.15. The lowest BCUT2D eigenvalue weighted by molar-refractivity contribution is 0.000438. The van der Waals surface area contributed by atoms with Crippen molar-refractivity contribution in [3.05, 3.63) is 29.3 Å². The molecule has 1 aliphatic heterocycles. The summed E-state index contributed by atoms with van der Waals surface area (Å²) >= 11 is 1.33. The number of nitrogens with one attached hydrogen (secondary N) is 1. The first-order valence-electron chi connectivity index (χ1n) is 7.14. The van der Waals surface area contributed by atoms with E-state index in [1.807, 2.05) is 24.3 Å². The SMILES string of the molecule is CS(=O)(=O)N1CCOC(CNC(=O)c2nc3ccccc3s2)C1. The summed E-state index contributed by atoms with van der Waals surface area (Å²) < 4.78 is 31.0. The van der Waals surface area contributed by atoms with Crippen LogP contribution in [0.3, 0.4) is 0 Å². The molecule has 1 N–H and O–H groups in total. The summed E-state index contributed by atoms with van der Waals surface area (Å²) in [6.45, 7) is 1.18. The summed E-state index contributed by atoms with van der Waals surface area (Å²) in [4.78, 5) is 16.5. The molecule has 1 unspecified atom stereocenters. The van der Waals surface area contributed by atoms with Crippen LogP contribution in [0.15, 0.2) is 24.3 Å². The number of rotatable bonds is 4. The minimum atomic E-state index is -3.24. The van der Waals surface area contributed by atoms with Gasteiger partial charge in [-0.3, -0.25) is 4.79 Å². The zero-order valence-electron chi connectivity index (χ0n) is 12.6. The number of fused-ring (bicyclic) bond motifs is 1. The predicted octanol–water partition coefficient (Wildman–Crippen LogP) is 0.687. The van der Waals surface area contributed by atoms with Crippen LogP contribution in [0, 0.1) is 0 Å². The lowest BCUT2D eigenvalue weighted by Crippen LogP contribution is -2.49. The Morgan fingerprint density at radius 1 is 1.48 bits per heavy atom. The van der Waals surface area contributed by atoms with Gasteiger partial charge in [0.1, 0.15) is 0 Å². The van der Waals surface area contributed by atoms with Crippen LogP contribution >= 0.6 is 11.3 Å². The molecule has 2 aromatic rings. The van der Waals surface area contributed by atoms with Crippen LogP contribution in [0.2, 0.25) is 0 Å². The summed E-state index contributed by atoms with van der Waals surface area (Å²) in [6.07, 6.45) is 0.825. The number of ether oxygens (including phenoxy) is 1. The van der Waals surface area contributed by atoms with Gasteiger partial charge < -0.3 is 10.1 Å². The molecule has 23 heavy (non-hydrogen) atoms. The highest BCUT2D eigenvalue weighted by molar-refractivity contribution is 7.88. The molecule has 0 bridgehead atoms. The third-order valence-electron chi connectivity index (χ3n) is 3.55. The number of benzene rings is 1. The van der Waals surface area contributed by atoms with Crippen molar-refractivity contribution in [1.29, 1.82) is 0 Å². The maximum Gasteiger partial charge on any atom is 0.280 e. The molecule has 1 atom stereocenters. The van der Waals surface area contributed by atoms with Gasteiger partial charge in [-0.15, -0.1) is 11.3 Å². The molecule has 124 valence electrons. The van der Waals surface area contributed by atoms with E-state index in [1.54, 1.807) is 0 Å². The molecule has 0 saturated carbocycles. The maximum absolute atomic E-state index is 12.2. The van der Waals surface area contributed by atoms with Crippen molar-refractivity contribution in [1.82, 2.24) is 14.6 Å². The highest BCUT2D eigenvalue weighted by Gasteiger charge is 2.27. The van der Waals surface area contributed by atoms with E-state index in [4.69, 9.17) is 4.74 Å². The molecule has 1 aromatic carbocycles. The Hall–Kier alpha value is -1.55. The van der Waals surface area contributed by atoms with Crippen LogP contribution in [0.5, 0.6) is 0 Å². The highest BCUT2D eigenvalue weighted by Crippen LogP contribution is 2.21. The van der Waals surface area contributed by atoms with Crippen molar-refractivity contribution in [2.75, 3.05) is 32.5 Å². The zero-order valence-corrected chi connectivity index (χ0v) is 14.2. The number of amides is 1. The molecule has 9 heteroatoms. The molecule has 7 nitrogen and oxygen atoms in total. The topological polar surface area (TPSA) is 88.6 Å². The number of para-hydroxylation sites is 1. The van der Waals surface area contributed by atoms with Gasteiger partial charge in [-0.05, 0) is 12.1 Å². The molecule has 1 amide bonds. The number of sulfonamides is 1. The van der Waals surface area contributed by atoms with Crippen molar-refractivity contribution < 1.29 is 17.9 Å². The quantitative estimate of drug-likeness (QED) is 0.872. The Morgan fingerprint density at radius 3 is 3.00 bits per heavy atom. The summed E-state index contributed by atoms with van der Waals surface area (Å²) in [5.41, 5.74) is 0.791. The van der Waals surface area contributed by atoms with Gasteiger partial charge in [-0.1, -0.05) is 12.1 Å². The van der Waals surface area contributed by atoms with Crippen molar-refractivity contribution >= 4 is 37.5 Å². The molecule has 1 aliphatic rings. The second-order valence-electron chi connectivity index (χ2n) is 5.31. The smallest absolute Gasteiger partial charge is 0.280 e. The number of nitrogens with zero attached hydrogens (tertiary/aromatic N) is 2. The van der Waals surface area contributed by atoms with E-state index in [1.165, 1.54) is 21.9 Å². The molecule has 1 saturated heterocycles. The van der Waals surface area contributed by atoms with Gasteiger partial charge in [0, 0.05) is 19.6 Å². The number of hydrogen-bond acceptors (Lipinski definition) is 6. The zero-order chi connectivity index (χ0) is 16.4. The van der Waals surface area contributed by atoms with E-state index in [-0.39, 0.29) is 25.1 Å².